The normalized spacial score (nSPS) is 9.11. The summed E-state index contributed by atoms with van der Waals surface area (Å²) in [5, 5.41) is 0. The third kappa shape index (κ3) is 5.78. The second-order valence-electron chi connectivity index (χ2n) is 1.76. The van der Waals surface area contributed by atoms with E-state index in [1.807, 2.05) is 6.92 Å². The Labute approximate surface area is 58.2 Å². The smallest absolute Gasteiger partial charge is 0.306 e. The van der Waals surface area contributed by atoms with E-state index in [1.54, 1.807) is 0 Å². The van der Waals surface area contributed by atoms with E-state index < -0.39 is 0 Å². The van der Waals surface area contributed by atoms with E-state index in [0.29, 0.717) is 13.0 Å². The van der Waals surface area contributed by atoms with Crippen LogP contribution in [0.5, 0.6) is 0 Å². The second kappa shape index (κ2) is 6.03. The number of esters is 1. The van der Waals surface area contributed by atoms with Crippen LogP contribution < -0.4 is 0 Å². The van der Waals surface area contributed by atoms with E-state index >= 15 is 0 Å². The fourth-order valence-corrected chi connectivity index (χ4v) is 0.642. The Morgan fingerprint density at radius 1 is 1.67 bits per heavy atom. The lowest BCUT2D eigenvalue weighted by Gasteiger charge is -1.99. The Bertz CT molecular complexity index is 83.1. The van der Waals surface area contributed by atoms with E-state index in [9.17, 15) is 4.79 Å². The summed E-state index contributed by atoms with van der Waals surface area (Å²) in [6, 6.07) is 0. The fraction of sp³-hybridized carbons (Fsp3) is 0.833. The standard InChI is InChI=1S/C6H13O2P/c1-2-4-8-6(7)3-5-9/h2-5,9H2,1H3. The Kier molecular flexibility index (Phi) is 5.96. The predicted octanol–water partition coefficient (Wildman–Crippen LogP) is 1.20. The quantitative estimate of drug-likeness (QED) is 0.442. The van der Waals surface area contributed by atoms with Gasteiger partial charge in [-0.1, -0.05) is 6.92 Å². The molecule has 0 aromatic heterocycles. The van der Waals surface area contributed by atoms with E-state index in [2.05, 4.69) is 9.24 Å². The van der Waals surface area contributed by atoms with Crippen molar-refractivity contribution >= 4 is 15.2 Å². The maximum Gasteiger partial charge on any atom is 0.306 e. The molecule has 0 aromatic carbocycles. The number of carbonyl (C=O) groups is 1. The molecule has 0 saturated heterocycles. The van der Waals surface area contributed by atoms with E-state index in [0.717, 1.165) is 12.6 Å². The molecule has 1 atom stereocenters. The minimum absolute atomic E-state index is 0.0909. The highest BCUT2D eigenvalue weighted by Crippen LogP contribution is 1.91. The number of ether oxygens (including phenoxy) is 1. The molecular weight excluding hydrogens is 135 g/mol. The van der Waals surface area contributed by atoms with Gasteiger partial charge in [0.05, 0.1) is 6.61 Å². The lowest BCUT2D eigenvalue weighted by molar-refractivity contribution is -0.143. The van der Waals surface area contributed by atoms with E-state index in [4.69, 9.17) is 4.74 Å². The van der Waals surface area contributed by atoms with Gasteiger partial charge in [-0.2, -0.15) is 0 Å². The summed E-state index contributed by atoms with van der Waals surface area (Å²) >= 11 is 0. The molecule has 0 aliphatic heterocycles. The zero-order chi connectivity index (χ0) is 7.11. The number of hydrogen-bond donors (Lipinski definition) is 0. The van der Waals surface area contributed by atoms with Gasteiger partial charge in [-0.15, -0.1) is 9.24 Å². The topological polar surface area (TPSA) is 26.3 Å². The Morgan fingerprint density at radius 2 is 2.33 bits per heavy atom. The summed E-state index contributed by atoms with van der Waals surface area (Å²) < 4.78 is 4.78. The molecule has 2 nitrogen and oxygen atoms in total. The Hall–Kier alpha value is -0.100. The van der Waals surface area contributed by atoms with Crippen molar-refractivity contribution in [3.05, 3.63) is 0 Å². The van der Waals surface area contributed by atoms with Gasteiger partial charge < -0.3 is 4.74 Å². The molecule has 0 radical (unpaired) electrons. The molecule has 0 bridgehead atoms. The average Bonchev–Trinajstić information content (AvgIpc) is 1.85. The van der Waals surface area contributed by atoms with Gasteiger partial charge in [-0.05, 0) is 12.6 Å². The lowest BCUT2D eigenvalue weighted by Crippen LogP contribution is -2.04. The first-order chi connectivity index (χ1) is 4.31. The summed E-state index contributed by atoms with van der Waals surface area (Å²) in [7, 11) is 2.49. The third-order valence-electron chi connectivity index (χ3n) is 0.816. The van der Waals surface area contributed by atoms with Gasteiger partial charge >= 0.3 is 5.97 Å². The van der Waals surface area contributed by atoms with Crippen LogP contribution in [0.2, 0.25) is 0 Å². The molecule has 0 rings (SSSR count). The molecule has 9 heavy (non-hydrogen) atoms. The van der Waals surface area contributed by atoms with E-state index in [-0.39, 0.29) is 5.97 Å². The van der Waals surface area contributed by atoms with Crippen LogP contribution in [0, 0.1) is 0 Å². The minimum Gasteiger partial charge on any atom is -0.466 e. The second-order valence-corrected chi connectivity index (χ2v) is 2.34. The van der Waals surface area contributed by atoms with Gasteiger partial charge in [0.15, 0.2) is 0 Å². The molecule has 1 unspecified atom stereocenters. The molecule has 0 fully saturated rings. The van der Waals surface area contributed by atoms with Gasteiger partial charge in [0.1, 0.15) is 0 Å². The molecule has 0 aliphatic rings. The van der Waals surface area contributed by atoms with Gasteiger partial charge in [0.2, 0.25) is 0 Å². The van der Waals surface area contributed by atoms with Crippen LogP contribution in [0.4, 0.5) is 0 Å². The van der Waals surface area contributed by atoms with Crippen LogP contribution in [0.1, 0.15) is 19.8 Å². The molecule has 0 saturated carbocycles. The molecule has 0 spiro atoms. The number of carbonyl (C=O) groups excluding carboxylic acids is 1. The fourth-order valence-electron chi connectivity index (χ4n) is 0.406. The Balaban J connectivity index is 3.06. The minimum atomic E-state index is -0.0909. The van der Waals surface area contributed by atoms with Crippen molar-refractivity contribution in [2.75, 3.05) is 12.8 Å². The highest BCUT2D eigenvalue weighted by atomic mass is 31.0. The first-order valence-corrected chi connectivity index (χ1v) is 3.98. The van der Waals surface area contributed by atoms with Crippen molar-refractivity contribution in [1.82, 2.24) is 0 Å². The van der Waals surface area contributed by atoms with Crippen molar-refractivity contribution in [2.45, 2.75) is 19.8 Å². The number of rotatable bonds is 4. The van der Waals surface area contributed by atoms with Crippen LogP contribution in [0.15, 0.2) is 0 Å². The maximum atomic E-state index is 10.6. The SMILES string of the molecule is CCCOC(=O)CCP. The first-order valence-electron chi connectivity index (χ1n) is 3.17. The van der Waals surface area contributed by atoms with Gasteiger partial charge in [0.25, 0.3) is 0 Å². The van der Waals surface area contributed by atoms with Crippen molar-refractivity contribution < 1.29 is 9.53 Å². The zero-order valence-electron chi connectivity index (χ0n) is 5.72. The maximum absolute atomic E-state index is 10.6. The first kappa shape index (κ1) is 8.90. The van der Waals surface area contributed by atoms with Crippen molar-refractivity contribution in [2.24, 2.45) is 0 Å². The molecule has 0 aromatic rings. The van der Waals surface area contributed by atoms with Crippen molar-refractivity contribution in [3.63, 3.8) is 0 Å². The summed E-state index contributed by atoms with van der Waals surface area (Å²) in [5.41, 5.74) is 0. The van der Waals surface area contributed by atoms with E-state index in [1.165, 1.54) is 0 Å². The average molecular weight is 148 g/mol. The summed E-state index contributed by atoms with van der Waals surface area (Å²) in [4.78, 5) is 10.6. The summed E-state index contributed by atoms with van der Waals surface area (Å²) in [5.74, 6) is -0.0909. The molecule has 0 aliphatic carbocycles. The predicted molar refractivity (Wildman–Crippen MR) is 40.4 cm³/mol. The zero-order valence-corrected chi connectivity index (χ0v) is 6.88. The van der Waals surface area contributed by atoms with Crippen LogP contribution in [-0.4, -0.2) is 18.7 Å². The van der Waals surface area contributed by atoms with Crippen molar-refractivity contribution in [3.8, 4) is 0 Å². The summed E-state index contributed by atoms with van der Waals surface area (Å²) in [6.07, 6.45) is 2.22. The molecule has 0 N–H and O–H groups in total. The lowest BCUT2D eigenvalue weighted by atomic mass is 10.5. The van der Waals surface area contributed by atoms with Gasteiger partial charge in [-0.3, -0.25) is 4.79 Å². The molecule has 54 valence electrons. The molecular formula is C6H13O2P. The Morgan fingerprint density at radius 3 is 2.78 bits per heavy atom. The largest absolute Gasteiger partial charge is 0.466 e. The third-order valence-corrected chi connectivity index (χ3v) is 1.10. The monoisotopic (exact) mass is 148 g/mol. The van der Waals surface area contributed by atoms with Gasteiger partial charge in [0, 0.05) is 6.42 Å². The van der Waals surface area contributed by atoms with Crippen LogP contribution in [-0.2, 0) is 9.53 Å². The van der Waals surface area contributed by atoms with Crippen LogP contribution in [0.25, 0.3) is 0 Å². The highest BCUT2D eigenvalue weighted by Gasteiger charge is 1.96. The van der Waals surface area contributed by atoms with Crippen LogP contribution in [0.3, 0.4) is 0 Å². The van der Waals surface area contributed by atoms with Crippen molar-refractivity contribution in [1.29, 1.82) is 0 Å². The van der Waals surface area contributed by atoms with Gasteiger partial charge in [-0.25, -0.2) is 0 Å². The molecule has 3 heteroatoms. The number of hydrogen-bond acceptors (Lipinski definition) is 2. The summed E-state index contributed by atoms with van der Waals surface area (Å²) in [6.45, 7) is 2.54. The highest BCUT2D eigenvalue weighted by molar-refractivity contribution is 7.16. The van der Waals surface area contributed by atoms with Crippen LogP contribution >= 0.6 is 9.24 Å². The molecule has 0 amide bonds. The molecule has 0 heterocycles.